The van der Waals surface area contributed by atoms with Gasteiger partial charge >= 0.3 is 5.97 Å². The van der Waals surface area contributed by atoms with E-state index in [0.29, 0.717) is 24.2 Å². The predicted octanol–water partition coefficient (Wildman–Crippen LogP) is 3.44. The molecule has 0 unspecified atom stereocenters. The van der Waals surface area contributed by atoms with E-state index in [2.05, 4.69) is 11.8 Å². The van der Waals surface area contributed by atoms with Gasteiger partial charge in [-0.1, -0.05) is 13.0 Å². The average Bonchev–Trinajstić information content (AvgIpc) is 3.02. The molecule has 6 heteroatoms. The zero-order valence-electron chi connectivity index (χ0n) is 18.5. The minimum atomic E-state index is -0.571. The standard InChI is InChI=1S/C24H34N2O4/c1-17-5-4-12-26(16-17)14-13-25(2)22(27)18-8-10-24(11-9-18)21-7-6-19(29-3)15-20(21)23(28)30-24/h6-7,15,17-18H,4-5,8-14,16H2,1-3H3/t17-,18-,24-/m0/s1. The zero-order chi connectivity index (χ0) is 21.3. The summed E-state index contributed by atoms with van der Waals surface area (Å²) in [5.74, 6) is 1.39. The van der Waals surface area contributed by atoms with Gasteiger partial charge in [0.1, 0.15) is 11.4 Å². The molecule has 4 rings (SSSR count). The lowest BCUT2D eigenvalue weighted by Crippen LogP contribution is -2.43. The van der Waals surface area contributed by atoms with Crippen LogP contribution in [0.2, 0.25) is 0 Å². The molecule has 1 spiro atoms. The summed E-state index contributed by atoms with van der Waals surface area (Å²) in [6, 6.07) is 5.60. The van der Waals surface area contributed by atoms with Crippen LogP contribution in [0.3, 0.4) is 0 Å². The topological polar surface area (TPSA) is 59.1 Å². The van der Waals surface area contributed by atoms with Crippen LogP contribution in [0.25, 0.3) is 0 Å². The summed E-state index contributed by atoms with van der Waals surface area (Å²) in [5, 5.41) is 0. The van der Waals surface area contributed by atoms with Crippen LogP contribution in [0.1, 0.15) is 61.4 Å². The van der Waals surface area contributed by atoms with Gasteiger partial charge in [0.15, 0.2) is 0 Å². The molecule has 1 saturated carbocycles. The quantitative estimate of drug-likeness (QED) is 0.691. The van der Waals surface area contributed by atoms with E-state index in [4.69, 9.17) is 9.47 Å². The van der Waals surface area contributed by atoms with Gasteiger partial charge in [-0.3, -0.25) is 4.79 Å². The van der Waals surface area contributed by atoms with Crippen LogP contribution in [-0.4, -0.2) is 62.0 Å². The molecule has 1 amide bonds. The molecular formula is C24H34N2O4. The Morgan fingerprint density at radius 3 is 2.77 bits per heavy atom. The Hall–Kier alpha value is -2.08. The van der Waals surface area contributed by atoms with Crippen molar-refractivity contribution in [3.63, 3.8) is 0 Å². The highest BCUT2D eigenvalue weighted by Gasteiger charge is 2.48. The van der Waals surface area contributed by atoms with Gasteiger partial charge in [-0.05, 0) is 63.1 Å². The number of nitrogens with zero attached hydrogens (tertiary/aromatic N) is 2. The monoisotopic (exact) mass is 414 g/mol. The number of hydrogen-bond acceptors (Lipinski definition) is 5. The fourth-order valence-corrected chi connectivity index (χ4v) is 5.41. The van der Waals surface area contributed by atoms with Crippen molar-refractivity contribution in [2.24, 2.45) is 11.8 Å². The number of piperidine rings is 1. The first-order valence-electron chi connectivity index (χ1n) is 11.3. The molecule has 1 aromatic rings. The van der Waals surface area contributed by atoms with E-state index in [-0.39, 0.29) is 17.8 Å². The minimum absolute atomic E-state index is 0.0157. The molecule has 6 nitrogen and oxygen atoms in total. The Kier molecular flexibility index (Phi) is 6.05. The molecule has 1 aromatic carbocycles. The number of methoxy groups -OCH3 is 1. The van der Waals surface area contributed by atoms with Crippen LogP contribution in [0.5, 0.6) is 5.75 Å². The molecule has 1 saturated heterocycles. The van der Waals surface area contributed by atoms with Crippen molar-refractivity contribution >= 4 is 11.9 Å². The fraction of sp³-hybridized carbons (Fsp3) is 0.667. The summed E-state index contributed by atoms with van der Waals surface area (Å²) in [7, 11) is 3.52. The molecule has 30 heavy (non-hydrogen) atoms. The molecular weight excluding hydrogens is 380 g/mol. The third-order valence-corrected chi connectivity index (χ3v) is 7.24. The minimum Gasteiger partial charge on any atom is -0.497 e. The molecule has 2 aliphatic heterocycles. The largest absolute Gasteiger partial charge is 0.497 e. The third kappa shape index (κ3) is 4.07. The van der Waals surface area contributed by atoms with Gasteiger partial charge in [0.2, 0.25) is 5.91 Å². The van der Waals surface area contributed by atoms with Gasteiger partial charge in [-0.2, -0.15) is 0 Å². The van der Waals surface area contributed by atoms with E-state index >= 15 is 0 Å². The van der Waals surface area contributed by atoms with E-state index < -0.39 is 5.60 Å². The van der Waals surface area contributed by atoms with Gasteiger partial charge in [-0.25, -0.2) is 4.79 Å². The normalized spacial score (nSPS) is 28.8. The van der Waals surface area contributed by atoms with Crippen molar-refractivity contribution in [3.8, 4) is 5.75 Å². The number of esters is 1. The first kappa shape index (κ1) is 21.2. The number of likely N-dealkylation sites (tertiary alicyclic amines) is 1. The van der Waals surface area contributed by atoms with E-state index in [1.807, 2.05) is 24.1 Å². The number of rotatable bonds is 5. The summed E-state index contributed by atoms with van der Waals surface area (Å²) in [4.78, 5) is 29.8. The molecule has 0 N–H and O–H groups in total. The summed E-state index contributed by atoms with van der Waals surface area (Å²) in [5.41, 5.74) is 0.983. The van der Waals surface area contributed by atoms with E-state index in [1.165, 1.54) is 12.8 Å². The highest BCUT2D eigenvalue weighted by Crippen LogP contribution is 2.49. The lowest BCUT2D eigenvalue weighted by molar-refractivity contribution is -0.137. The molecule has 3 aliphatic rings. The van der Waals surface area contributed by atoms with Crippen LogP contribution in [0, 0.1) is 11.8 Å². The number of amides is 1. The van der Waals surface area contributed by atoms with E-state index in [9.17, 15) is 9.59 Å². The van der Waals surface area contributed by atoms with Crippen molar-refractivity contribution in [2.45, 2.75) is 51.0 Å². The van der Waals surface area contributed by atoms with Crippen molar-refractivity contribution in [1.29, 1.82) is 0 Å². The smallest absolute Gasteiger partial charge is 0.339 e. The molecule has 0 radical (unpaired) electrons. The fourth-order valence-electron chi connectivity index (χ4n) is 5.41. The number of carbonyl (C=O) groups excluding carboxylic acids is 2. The van der Waals surface area contributed by atoms with E-state index in [1.54, 1.807) is 13.2 Å². The van der Waals surface area contributed by atoms with Crippen molar-refractivity contribution in [1.82, 2.24) is 9.80 Å². The second-order valence-corrected chi connectivity index (χ2v) is 9.38. The van der Waals surface area contributed by atoms with Crippen LogP contribution >= 0.6 is 0 Å². The maximum absolute atomic E-state index is 13.0. The van der Waals surface area contributed by atoms with E-state index in [0.717, 1.165) is 50.5 Å². The molecule has 0 aromatic heterocycles. The number of carbonyl (C=O) groups is 2. The van der Waals surface area contributed by atoms with Gasteiger partial charge in [0, 0.05) is 38.2 Å². The second kappa shape index (κ2) is 8.58. The van der Waals surface area contributed by atoms with Crippen molar-refractivity contribution in [3.05, 3.63) is 29.3 Å². The Bertz CT molecular complexity index is 800. The average molecular weight is 415 g/mol. The Morgan fingerprint density at radius 2 is 2.07 bits per heavy atom. The first-order chi connectivity index (χ1) is 14.4. The summed E-state index contributed by atoms with van der Waals surface area (Å²) < 4.78 is 11.1. The maximum Gasteiger partial charge on any atom is 0.339 e. The molecule has 1 aliphatic carbocycles. The van der Waals surface area contributed by atoms with Crippen molar-refractivity contribution in [2.75, 3.05) is 40.3 Å². The number of likely N-dealkylation sites (N-methyl/N-ethyl adjacent to an activating group) is 1. The number of hydrogen-bond donors (Lipinski definition) is 0. The van der Waals surface area contributed by atoms with Crippen LogP contribution in [-0.2, 0) is 15.1 Å². The summed E-state index contributed by atoms with van der Waals surface area (Å²) in [6.07, 6.45) is 5.48. The lowest BCUT2D eigenvalue weighted by Gasteiger charge is -2.37. The van der Waals surface area contributed by atoms with Gasteiger partial charge in [0.25, 0.3) is 0 Å². The molecule has 164 valence electrons. The van der Waals surface area contributed by atoms with Gasteiger partial charge in [-0.15, -0.1) is 0 Å². The van der Waals surface area contributed by atoms with Crippen LogP contribution < -0.4 is 4.74 Å². The Labute approximate surface area is 179 Å². The second-order valence-electron chi connectivity index (χ2n) is 9.38. The molecule has 2 heterocycles. The zero-order valence-corrected chi connectivity index (χ0v) is 18.5. The highest BCUT2D eigenvalue weighted by molar-refractivity contribution is 5.95. The Balaban J connectivity index is 1.33. The molecule has 1 atom stereocenters. The molecule has 0 bridgehead atoms. The Morgan fingerprint density at radius 1 is 1.30 bits per heavy atom. The summed E-state index contributed by atoms with van der Waals surface area (Å²) >= 11 is 0. The van der Waals surface area contributed by atoms with Crippen LogP contribution in [0.15, 0.2) is 18.2 Å². The van der Waals surface area contributed by atoms with Gasteiger partial charge < -0.3 is 19.3 Å². The van der Waals surface area contributed by atoms with Crippen LogP contribution in [0.4, 0.5) is 0 Å². The summed E-state index contributed by atoms with van der Waals surface area (Å²) in [6.45, 7) is 6.33. The van der Waals surface area contributed by atoms with Gasteiger partial charge in [0.05, 0.1) is 12.7 Å². The molecule has 2 fully saturated rings. The third-order valence-electron chi connectivity index (χ3n) is 7.24. The number of fused-ring (bicyclic) bond motifs is 2. The first-order valence-corrected chi connectivity index (χ1v) is 11.3. The number of ether oxygens (including phenoxy) is 2. The lowest BCUT2D eigenvalue weighted by atomic mass is 9.74. The highest BCUT2D eigenvalue weighted by atomic mass is 16.6. The predicted molar refractivity (Wildman–Crippen MR) is 115 cm³/mol. The SMILES string of the molecule is COc1ccc2c(c1)C(=O)O[C@]21CC[C@H](C(=O)N(C)CCN2CCC[C@H](C)C2)CC1. The number of benzene rings is 1. The maximum atomic E-state index is 13.0. The van der Waals surface area contributed by atoms with Crippen molar-refractivity contribution < 1.29 is 19.1 Å².